The van der Waals surface area contributed by atoms with Crippen molar-refractivity contribution < 1.29 is 34.2 Å². The van der Waals surface area contributed by atoms with E-state index in [4.69, 9.17) is 11.5 Å². The number of hydrogen-bond acceptors (Lipinski definition) is 9. The lowest BCUT2D eigenvalue weighted by atomic mass is 10.1. The van der Waals surface area contributed by atoms with Gasteiger partial charge in [-0.05, 0) is 13.3 Å². The van der Waals surface area contributed by atoms with Crippen LogP contribution in [0.2, 0.25) is 0 Å². The van der Waals surface area contributed by atoms with Crippen molar-refractivity contribution in [1.82, 2.24) is 35.9 Å². The number of aromatic amines is 2. The van der Waals surface area contributed by atoms with Crippen molar-refractivity contribution in [1.29, 1.82) is 0 Å². The number of hydrogen-bond donors (Lipinski definition) is 9. The first-order valence-electron chi connectivity index (χ1n) is 11.3. The third-order valence-corrected chi connectivity index (χ3v) is 5.31. The fraction of sp³-hybridized carbons (Fsp3) is 0.476. The molecule has 11 N–H and O–H groups in total. The Morgan fingerprint density at radius 3 is 1.92 bits per heavy atom. The van der Waals surface area contributed by atoms with Crippen LogP contribution in [0.1, 0.15) is 31.2 Å². The molecule has 2 heterocycles. The van der Waals surface area contributed by atoms with Crippen molar-refractivity contribution in [3.8, 4) is 0 Å². The molecule has 0 radical (unpaired) electrons. The SMILES string of the molecule is CC(O)C(NC(=O)C(Cc1cnc[nH]1)NC(=O)C(N)CCC(N)=O)C(=O)NC(Cc1cnc[nH]1)C(=O)O. The molecule has 4 amide bonds. The summed E-state index contributed by atoms with van der Waals surface area (Å²) in [6.07, 6.45) is 3.72. The van der Waals surface area contributed by atoms with Crippen LogP contribution in [-0.4, -0.2) is 90.0 Å². The van der Waals surface area contributed by atoms with Gasteiger partial charge in [-0.3, -0.25) is 19.2 Å². The smallest absolute Gasteiger partial charge is 0.326 e. The molecular weight excluding hydrogens is 490 g/mol. The number of aliphatic hydroxyl groups is 1. The van der Waals surface area contributed by atoms with Gasteiger partial charge in [0.25, 0.3) is 0 Å². The Hall–Kier alpha value is -4.31. The van der Waals surface area contributed by atoms with E-state index in [1.54, 1.807) is 0 Å². The zero-order valence-corrected chi connectivity index (χ0v) is 20.0. The van der Waals surface area contributed by atoms with Crippen molar-refractivity contribution in [2.75, 3.05) is 0 Å². The van der Waals surface area contributed by atoms with Crippen LogP contribution in [-0.2, 0) is 36.8 Å². The summed E-state index contributed by atoms with van der Waals surface area (Å²) in [5.41, 5.74) is 11.8. The number of H-pyrrole nitrogens is 2. The van der Waals surface area contributed by atoms with Crippen LogP contribution in [0.3, 0.4) is 0 Å². The number of carboxylic acids is 1. The molecule has 202 valence electrons. The molecule has 0 saturated carbocycles. The number of imidazole rings is 2. The highest BCUT2D eigenvalue weighted by Crippen LogP contribution is 2.05. The molecule has 16 heteroatoms. The van der Waals surface area contributed by atoms with E-state index in [9.17, 15) is 34.2 Å². The second kappa shape index (κ2) is 13.7. The van der Waals surface area contributed by atoms with Crippen molar-refractivity contribution >= 4 is 29.6 Å². The molecular formula is C21H31N9O7. The standard InChI is InChI=1S/C21H31N9O7/c1-10(31)17(20(35)29-15(21(36)37)5-12-7-25-9-27-12)30-19(34)14(4-11-6-24-8-26-11)28-18(33)13(22)2-3-16(23)32/h6-10,13-15,17,31H,2-5,22H2,1H3,(H2,23,32)(H,24,26)(H,25,27)(H,28,33)(H,29,35)(H,30,34)(H,36,37). The Labute approximate surface area is 211 Å². The number of amides is 4. The number of nitrogens with two attached hydrogens (primary N) is 2. The van der Waals surface area contributed by atoms with E-state index in [-0.39, 0.29) is 25.7 Å². The van der Waals surface area contributed by atoms with Gasteiger partial charge in [0.05, 0.1) is 24.8 Å². The summed E-state index contributed by atoms with van der Waals surface area (Å²) >= 11 is 0. The summed E-state index contributed by atoms with van der Waals surface area (Å²) in [5, 5.41) is 26.7. The lowest BCUT2D eigenvalue weighted by molar-refractivity contribution is -0.143. The largest absolute Gasteiger partial charge is 0.480 e. The molecule has 2 rings (SSSR count). The quantitative estimate of drug-likeness (QED) is 0.111. The summed E-state index contributed by atoms with van der Waals surface area (Å²) in [7, 11) is 0. The lowest BCUT2D eigenvalue weighted by Crippen LogP contribution is -2.60. The fourth-order valence-electron chi connectivity index (χ4n) is 3.27. The van der Waals surface area contributed by atoms with Gasteiger partial charge < -0.3 is 47.6 Å². The maximum atomic E-state index is 13.1. The average Bonchev–Trinajstić information content (AvgIpc) is 3.53. The lowest BCUT2D eigenvalue weighted by Gasteiger charge is -2.26. The summed E-state index contributed by atoms with van der Waals surface area (Å²) < 4.78 is 0. The highest BCUT2D eigenvalue weighted by molar-refractivity contribution is 5.94. The van der Waals surface area contributed by atoms with Crippen molar-refractivity contribution in [3.05, 3.63) is 36.4 Å². The normalized spacial score (nSPS) is 15.0. The highest BCUT2D eigenvalue weighted by Gasteiger charge is 2.33. The predicted molar refractivity (Wildman–Crippen MR) is 126 cm³/mol. The molecule has 16 nitrogen and oxygen atoms in total. The van der Waals surface area contributed by atoms with Crippen LogP contribution in [0.15, 0.2) is 25.0 Å². The molecule has 5 unspecified atom stereocenters. The average molecular weight is 522 g/mol. The van der Waals surface area contributed by atoms with E-state index in [1.807, 2.05) is 0 Å². The second-order valence-electron chi connectivity index (χ2n) is 8.36. The first-order valence-corrected chi connectivity index (χ1v) is 11.3. The molecule has 0 aromatic carbocycles. The minimum atomic E-state index is -1.55. The van der Waals surface area contributed by atoms with Gasteiger partial charge in [-0.1, -0.05) is 0 Å². The van der Waals surface area contributed by atoms with Gasteiger partial charge >= 0.3 is 5.97 Å². The number of carbonyl (C=O) groups is 5. The van der Waals surface area contributed by atoms with E-state index in [1.165, 1.54) is 32.0 Å². The number of aliphatic hydroxyl groups excluding tert-OH is 1. The zero-order valence-electron chi connectivity index (χ0n) is 20.0. The van der Waals surface area contributed by atoms with Gasteiger partial charge in [-0.2, -0.15) is 0 Å². The van der Waals surface area contributed by atoms with Crippen LogP contribution in [0.4, 0.5) is 0 Å². The second-order valence-corrected chi connectivity index (χ2v) is 8.36. The summed E-state index contributed by atoms with van der Waals surface area (Å²) in [6.45, 7) is 1.23. The summed E-state index contributed by atoms with van der Waals surface area (Å²) in [6, 6.07) is -5.34. The molecule has 0 aliphatic carbocycles. The van der Waals surface area contributed by atoms with E-state index in [2.05, 4.69) is 35.9 Å². The van der Waals surface area contributed by atoms with Crippen molar-refractivity contribution in [2.45, 2.75) is 62.9 Å². The van der Waals surface area contributed by atoms with E-state index in [0.717, 1.165) is 0 Å². The molecule has 0 spiro atoms. The van der Waals surface area contributed by atoms with Gasteiger partial charge in [-0.15, -0.1) is 0 Å². The number of nitrogens with zero attached hydrogens (tertiary/aromatic N) is 2. The minimum Gasteiger partial charge on any atom is -0.480 e. The van der Waals surface area contributed by atoms with E-state index < -0.39 is 59.9 Å². The van der Waals surface area contributed by atoms with Crippen LogP contribution in [0.25, 0.3) is 0 Å². The van der Waals surface area contributed by atoms with Gasteiger partial charge in [0.1, 0.15) is 18.1 Å². The maximum absolute atomic E-state index is 13.1. The molecule has 0 aliphatic rings. The molecule has 0 bridgehead atoms. The summed E-state index contributed by atoms with van der Waals surface area (Å²) in [5.74, 6) is -4.54. The van der Waals surface area contributed by atoms with E-state index in [0.29, 0.717) is 11.4 Å². The maximum Gasteiger partial charge on any atom is 0.326 e. The monoisotopic (exact) mass is 521 g/mol. The Morgan fingerprint density at radius 2 is 1.46 bits per heavy atom. The zero-order chi connectivity index (χ0) is 27.5. The molecule has 2 aromatic rings. The molecule has 0 fully saturated rings. The highest BCUT2D eigenvalue weighted by atomic mass is 16.4. The predicted octanol–water partition coefficient (Wildman–Crippen LogP) is -3.57. The van der Waals surface area contributed by atoms with Crippen LogP contribution in [0, 0.1) is 0 Å². The fourth-order valence-corrected chi connectivity index (χ4v) is 3.27. The first-order chi connectivity index (χ1) is 17.5. The molecule has 2 aromatic heterocycles. The summed E-state index contributed by atoms with van der Waals surface area (Å²) in [4.78, 5) is 74.2. The number of nitrogens with one attached hydrogen (secondary N) is 5. The third-order valence-electron chi connectivity index (χ3n) is 5.31. The van der Waals surface area contributed by atoms with Gasteiger partial charge in [0, 0.05) is 43.0 Å². The number of rotatable bonds is 15. The van der Waals surface area contributed by atoms with Gasteiger partial charge in [0.15, 0.2) is 0 Å². The topological polar surface area (TPSA) is 271 Å². The van der Waals surface area contributed by atoms with Gasteiger partial charge in [-0.25, -0.2) is 14.8 Å². The van der Waals surface area contributed by atoms with E-state index >= 15 is 0 Å². The Morgan fingerprint density at radius 1 is 0.919 bits per heavy atom. The molecule has 0 aliphatic heterocycles. The number of carboxylic acid groups (broad SMARTS) is 1. The Bertz CT molecular complexity index is 1060. The van der Waals surface area contributed by atoms with Crippen LogP contribution < -0.4 is 27.4 Å². The molecule has 0 saturated heterocycles. The first kappa shape index (κ1) is 28.9. The Kier molecular flexibility index (Phi) is 10.7. The van der Waals surface area contributed by atoms with Crippen molar-refractivity contribution in [2.24, 2.45) is 11.5 Å². The molecule has 5 atom stereocenters. The van der Waals surface area contributed by atoms with Gasteiger partial charge in [0.2, 0.25) is 23.6 Å². The van der Waals surface area contributed by atoms with Crippen molar-refractivity contribution in [3.63, 3.8) is 0 Å². The van der Waals surface area contributed by atoms with Crippen LogP contribution >= 0.6 is 0 Å². The van der Waals surface area contributed by atoms with Crippen LogP contribution in [0.5, 0.6) is 0 Å². The minimum absolute atomic E-state index is 0.0504. The number of carbonyl (C=O) groups excluding carboxylic acids is 4. The Balaban J connectivity index is 2.13. The molecule has 37 heavy (non-hydrogen) atoms. The number of primary amides is 1. The third kappa shape index (κ3) is 9.34. The number of aromatic nitrogens is 4. The number of aliphatic carboxylic acids is 1.